The highest BCUT2D eigenvalue weighted by Gasteiger charge is 2.25. The van der Waals surface area contributed by atoms with E-state index in [1.807, 2.05) is 6.07 Å². The summed E-state index contributed by atoms with van der Waals surface area (Å²) >= 11 is 0. The van der Waals surface area contributed by atoms with Gasteiger partial charge >= 0.3 is 0 Å². The van der Waals surface area contributed by atoms with Crippen molar-refractivity contribution in [2.75, 3.05) is 7.11 Å². The molecule has 0 bridgehead atoms. The maximum absolute atomic E-state index is 6.24. The highest BCUT2D eigenvalue weighted by atomic mass is 16.5. The van der Waals surface area contributed by atoms with Crippen molar-refractivity contribution in [3.05, 3.63) is 29.5 Å². The van der Waals surface area contributed by atoms with Gasteiger partial charge in [-0.25, -0.2) is 0 Å². The van der Waals surface area contributed by atoms with Crippen molar-refractivity contribution in [1.82, 2.24) is 4.57 Å². The van der Waals surface area contributed by atoms with Gasteiger partial charge in [0.05, 0.1) is 12.6 Å². The molecule has 2 N–H and O–H groups in total. The topological polar surface area (TPSA) is 40.2 Å². The summed E-state index contributed by atoms with van der Waals surface area (Å²) in [7, 11) is 3.82. The smallest absolute Gasteiger partial charge is 0.143 e. The zero-order chi connectivity index (χ0) is 12.0. The van der Waals surface area contributed by atoms with Crippen LogP contribution in [0.25, 0.3) is 10.9 Å². The maximum atomic E-state index is 6.24. The van der Waals surface area contributed by atoms with E-state index in [1.54, 1.807) is 7.11 Å². The molecule has 0 saturated heterocycles. The molecular weight excluding hydrogens is 212 g/mol. The van der Waals surface area contributed by atoms with Crippen LogP contribution in [0.2, 0.25) is 0 Å². The van der Waals surface area contributed by atoms with E-state index in [4.69, 9.17) is 10.5 Å². The van der Waals surface area contributed by atoms with Gasteiger partial charge in [0.25, 0.3) is 0 Å². The fraction of sp³-hybridized carbons (Fsp3) is 0.429. The van der Waals surface area contributed by atoms with Crippen molar-refractivity contribution in [1.29, 1.82) is 0 Å². The first-order valence-electron chi connectivity index (χ1n) is 6.13. The molecule has 1 heterocycles. The van der Waals surface area contributed by atoms with Crippen LogP contribution in [0.1, 0.15) is 30.1 Å². The van der Waals surface area contributed by atoms with Crippen LogP contribution < -0.4 is 10.5 Å². The molecule has 0 fully saturated rings. The molecule has 1 aliphatic rings. The van der Waals surface area contributed by atoms with Crippen LogP contribution in [-0.4, -0.2) is 11.7 Å². The van der Waals surface area contributed by atoms with Crippen molar-refractivity contribution < 1.29 is 4.74 Å². The van der Waals surface area contributed by atoms with Gasteiger partial charge in [0, 0.05) is 24.2 Å². The second kappa shape index (κ2) is 3.77. The van der Waals surface area contributed by atoms with Gasteiger partial charge in [-0.1, -0.05) is 12.1 Å². The van der Waals surface area contributed by atoms with E-state index in [2.05, 4.69) is 23.7 Å². The lowest BCUT2D eigenvalue weighted by atomic mass is 9.92. The second-order valence-corrected chi connectivity index (χ2v) is 4.78. The number of ether oxygens (including phenoxy) is 1. The summed E-state index contributed by atoms with van der Waals surface area (Å²) in [6.07, 6.45) is 3.40. The van der Waals surface area contributed by atoms with E-state index in [-0.39, 0.29) is 6.04 Å². The van der Waals surface area contributed by atoms with Crippen LogP contribution in [-0.2, 0) is 13.5 Å². The highest BCUT2D eigenvalue weighted by Crippen LogP contribution is 2.38. The molecule has 3 heteroatoms. The van der Waals surface area contributed by atoms with Crippen LogP contribution in [0, 0.1) is 0 Å². The van der Waals surface area contributed by atoms with Gasteiger partial charge in [0.2, 0.25) is 0 Å². The third-order valence-corrected chi connectivity index (χ3v) is 3.84. The maximum Gasteiger partial charge on any atom is 0.143 e. The number of para-hydroxylation sites is 1. The number of nitrogens with zero attached hydrogens (tertiary/aromatic N) is 1. The average molecular weight is 230 g/mol. The molecule has 1 aromatic heterocycles. The van der Waals surface area contributed by atoms with Crippen LogP contribution in [0.3, 0.4) is 0 Å². The second-order valence-electron chi connectivity index (χ2n) is 4.78. The molecular formula is C14H18N2O. The summed E-state index contributed by atoms with van der Waals surface area (Å²) in [6, 6.07) is 6.41. The fourth-order valence-electron chi connectivity index (χ4n) is 3.11. The van der Waals surface area contributed by atoms with Crippen molar-refractivity contribution in [3.8, 4) is 5.75 Å². The quantitative estimate of drug-likeness (QED) is 0.817. The minimum absolute atomic E-state index is 0.167. The molecule has 0 aliphatic heterocycles. The summed E-state index contributed by atoms with van der Waals surface area (Å²) in [5.74, 6) is 0.937. The van der Waals surface area contributed by atoms with Gasteiger partial charge in [-0.05, 0) is 30.9 Å². The number of methoxy groups -OCH3 is 1. The number of nitrogens with two attached hydrogens (primary N) is 1. The lowest BCUT2D eigenvalue weighted by molar-refractivity contribution is 0.417. The molecule has 17 heavy (non-hydrogen) atoms. The Bertz CT molecular complexity index is 571. The molecule has 1 unspecified atom stereocenters. The first-order valence-corrected chi connectivity index (χ1v) is 6.13. The third kappa shape index (κ3) is 1.39. The molecule has 0 saturated carbocycles. The minimum atomic E-state index is 0.167. The molecule has 2 aromatic rings. The number of benzene rings is 1. The molecule has 3 nitrogen and oxygen atoms in total. The standard InChI is InChI=1S/C14H18N2O/c1-16-13-9(5-3-7-11(13)15)10-6-4-8-12(17-2)14(10)16/h4,6,8,11H,3,5,7,15H2,1-2H3. The molecule has 0 spiro atoms. The first-order chi connectivity index (χ1) is 8.24. The number of hydrogen-bond acceptors (Lipinski definition) is 2. The van der Waals surface area contributed by atoms with Crippen molar-refractivity contribution in [2.45, 2.75) is 25.3 Å². The van der Waals surface area contributed by atoms with E-state index in [1.165, 1.54) is 28.6 Å². The normalized spacial score (nSPS) is 19.4. The van der Waals surface area contributed by atoms with Gasteiger partial charge in [0.15, 0.2) is 0 Å². The molecule has 0 amide bonds. The zero-order valence-corrected chi connectivity index (χ0v) is 10.4. The Morgan fingerprint density at radius 1 is 1.41 bits per heavy atom. The molecule has 1 aromatic carbocycles. The molecule has 90 valence electrons. The molecule has 3 rings (SSSR count). The van der Waals surface area contributed by atoms with Crippen molar-refractivity contribution >= 4 is 10.9 Å². The van der Waals surface area contributed by atoms with Crippen LogP contribution in [0.4, 0.5) is 0 Å². The molecule has 1 aliphatic carbocycles. The lowest BCUT2D eigenvalue weighted by Gasteiger charge is -2.20. The van der Waals surface area contributed by atoms with Gasteiger partial charge in [0.1, 0.15) is 5.75 Å². The van der Waals surface area contributed by atoms with Gasteiger partial charge in [-0.2, -0.15) is 0 Å². The van der Waals surface area contributed by atoms with E-state index in [9.17, 15) is 0 Å². The SMILES string of the molecule is COc1cccc2c3c(n(C)c12)C(N)CCC3. The van der Waals surface area contributed by atoms with Gasteiger partial charge < -0.3 is 15.0 Å². The van der Waals surface area contributed by atoms with Crippen molar-refractivity contribution in [2.24, 2.45) is 12.8 Å². The number of aryl methyl sites for hydroxylation is 2. The van der Waals surface area contributed by atoms with E-state index in [0.29, 0.717) is 0 Å². The van der Waals surface area contributed by atoms with Gasteiger partial charge in [-0.15, -0.1) is 0 Å². The Morgan fingerprint density at radius 2 is 2.24 bits per heavy atom. The molecule has 0 radical (unpaired) electrons. The monoisotopic (exact) mass is 230 g/mol. The zero-order valence-electron chi connectivity index (χ0n) is 10.4. The number of rotatable bonds is 1. The Morgan fingerprint density at radius 3 is 3.00 bits per heavy atom. The van der Waals surface area contributed by atoms with Gasteiger partial charge in [-0.3, -0.25) is 0 Å². The van der Waals surface area contributed by atoms with E-state index in [0.717, 1.165) is 18.6 Å². The summed E-state index contributed by atoms with van der Waals surface area (Å²) in [6.45, 7) is 0. The Balaban J connectivity index is 2.40. The largest absolute Gasteiger partial charge is 0.495 e. The average Bonchev–Trinajstić information content (AvgIpc) is 2.65. The number of hydrogen-bond donors (Lipinski definition) is 1. The molecule has 1 atom stereocenters. The predicted octanol–water partition coefficient (Wildman–Crippen LogP) is 2.52. The van der Waals surface area contributed by atoms with Crippen LogP contribution >= 0.6 is 0 Å². The first kappa shape index (κ1) is 10.7. The fourth-order valence-corrected chi connectivity index (χ4v) is 3.11. The summed E-state index contributed by atoms with van der Waals surface area (Å²) in [5.41, 5.74) is 10.1. The Kier molecular flexibility index (Phi) is 2.37. The third-order valence-electron chi connectivity index (χ3n) is 3.84. The minimum Gasteiger partial charge on any atom is -0.495 e. The summed E-state index contributed by atoms with van der Waals surface area (Å²) < 4.78 is 7.68. The lowest BCUT2D eigenvalue weighted by Crippen LogP contribution is -2.19. The van der Waals surface area contributed by atoms with E-state index >= 15 is 0 Å². The highest BCUT2D eigenvalue weighted by molar-refractivity contribution is 5.90. The number of fused-ring (bicyclic) bond motifs is 3. The van der Waals surface area contributed by atoms with Crippen molar-refractivity contribution in [3.63, 3.8) is 0 Å². The van der Waals surface area contributed by atoms with Crippen LogP contribution in [0.15, 0.2) is 18.2 Å². The predicted molar refractivity (Wildman–Crippen MR) is 69.3 cm³/mol. The van der Waals surface area contributed by atoms with Crippen LogP contribution in [0.5, 0.6) is 5.75 Å². The summed E-state index contributed by atoms with van der Waals surface area (Å²) in [5, 5.41) is 1.30. The van der Waals surface area contributed by atoms with E-state index < -0.39 is 0 Å². The number of aromatic nitrogens is 1. The Hall–Kier alpha value is -1.48. The summed E-state index contributed by atoms with van der Waals surface area (Å²) in [4.78, 5) is 0. The Labute approximate surface area is 101 Å².